The van der Waals surface area contributed by atoms with Crippen molar-refractivity contribution in [3.8, 4) is 5.75 Å². The first kappa shape index (κ1) is 32.6. The van der Waals surface area contributed by atoms with Crippen LogP contribution in [0.25, 0.3) is 0 Å². The second kappa shape index (κ2) is 13.5. The van der Waals surface area contributed by atoms with E-state index in [2.05, 4.69) is 26.1 Å². The minimum Gasteiger partial charge on any atom is -0.489 e. The molecular weight excluding hydrogens is 620 g/mol. The SMILES string of the molecule is Cc1sc(N)nc1/C(=N/O[C@@H](COc1ccc(C(=N)N[C@H]2CCCNC2)cc1)C(=O)O)C(=O)N[C@@H]1C(=O)N(S(=O)(=O)O)[C@@H]1C. The Morgan fingerprint density at radius 3 is 2.57 bits per heavy atom. The third-order valence-electron chi connectivity index (χ3n) is 6.86. The lowest BCUT2D eigenvalue weighted by Gasteiger charge is -2.42. The number of aliphatic carboxylic acids is 1. The van der Waals surface area contributed by atoms with Crippen molar-refractivity contribution >= 4 is 56.1 Å². The summed E-state index contributed by atoms with van der Waals surface area (Å²) in [4.78, 5) is 47.0. The van der Waals surface area contributed by atoms with Crippen LogP contribution in [0.3, 0.4) is 0 Å². The van der Waals surface area contributed by atoms with Gasteiger partial charge in [-0.05, 0) is 57.5 Å². The molecule has 17 nitrogen and oxygen atoms in total. The Morgan fingerprint density at radius 1 is 1.32 bits per heavy atom. The van der Waals surface area contributed by atoms with E-state index in [-0.39, 0.29) is 27.0 Å². The number of nitrogens with two attached hydrogens (primary N) is 1. The molecule has 3 heterocycles. The fourth-order valence-electron chi connectivity index (χ4n) is 4.56. The quantitative estimate of drug-likeness (QED) is 0.0501. The number of carboxylic acids is 1. The van der Waals surface area contributed by atoms with E-state index in [0.29, 0.717) is 16.2 Å². The standard InChI is InChI=1S/C25H32N8O9S2/c1-12-18(23(35)33(12)44(38,39)40)30-22(34)20(19-13(2)43-25(27)31-19)32-42-17(24(36)37)11-41-16-7-5-14(6-8-16)21(26)29-15-4-3-9-28-10-15/h5-8,12,15,17-18,28H,3-4,9-11H2,1-2H3,(H2,26,29)(H2,27,31)(H,30,34)(H,36,37)(H,38,39,40)/b32-20-/t12-,15+,17+,18+/m1/s1. The number of thiazole rings is 1. The van der Waals surface area contributed by atoms with Crippen LogP contribution in [0.5, 0.6) is 5.75 Å². The monoisotopic (exact) mass is 652 g/mol. The Labute approximate surface area is 256 Å². The van der Waals surface area contributed by atoms with Crippen LogP contribution in [0.15, 0.2) is 29.4 Å². The van der Waals surface area contributed by atoms with Gasteiger partial charge in [-0.2, -0.15) is 8.42 Å². The number of aromatic nitrogens is 1. The number of hydrogen-bond donors (Lipinski definition) is 7. The van der Waals surface area contributed by atoms with Gasteiger partial charge in [0.2, 0.25) is 0 Å². The molecule has 44 heavy (non-hydrogen) atoms. The van der Waals surface area contributed by atoms with Gasteiger partial charge in [0.05, 0.1) is 6.04 Å². The molecular formula is C25H32N8O9S2. The maximum atomic E-state index is 13.1. The lowest BCUT2D eigenvalue weighted by molar-refractivity contribution is -0.152. The van der Waals surface area contributed by atoms with E-state index in [1.165, 1.54) is 6.92 Å². The lowest BCUT2D eigenvalue weighted by Crippen LogP contribution is -2.71. The van der Waals surface area contributed by atoms with Gasteiger partial charge in [-0.25, -0.2) is 14.1 Å². The maximum absolute atomic E-state index is 13.1. The average molecular weight is 653 g/mol. The molecule has 2 aliphatic rings. The maximum Gasteiger partial charge on any atom is 0.362 e. The number of aryl methyl sites for hydroxylation is 1. The smallest absolute Gasteiger partial charge is 0.362 e. The summed E-state index contributed by atoms with van der Waals surface area (Å²) in [6.45, 7) is 4.07. The van der Waals surface area contributed by atoms with Crippen LogP contribution in [0.2, 0.25) is 0 Å². The highest BCUT2D eigenvalue weighted by Crippen LogP contribution is 2.24. The minimum atomic E-state index is -4.83. The van der Waals surface area contributed by atoms with Gasteiger partial charge in [0, 0.05) is 23.0 Å². The van der Waals surface area contributed by atoms with Gasteiger partial charge in [-0.1, -0.05) is 5.16 Å². The Bertz CT molecular complexity index is 1560. The van der Waals surface area contributed by atoms with Crippen molar-refractivity contribution in [2.45, 2.75) is 50.9 Å². The van der Waals surface area contributed by atoms with Crippen molar-refractivity contribution in [3.05, 3.63) is 40.4 Å². The number of carbonyl (C=O) groups is 3. The Kier molecular flexibility index (Phi) is 10.0. The number of amidine groups is 1. The van der Waals surface area contributed by atoms with Crippen LogP contribution in [-0.4, -0.2) is 101 Å². The van der Waals surface area contributed by atoms with Gasteiger partial charge in [0.25, 0.3) is 17.9 Å². The number of oxime groups is 1. The van der Waals surface area contributed by atoms with Crippen LogP contribution in [-0.2, 0) is 29.5 Å². The zero-order chi connectivity index (χ0) is 32.2. The second-order valence-electron chi connectivity index (χ2n) is 10.0. The number of piperidine rings is 1. The number of amides is 2. The first-order valence-electron chi connectivity index (χ1n) is 13.4. The molecule has 0 aliphatic carbocycles. The number of benzene rings is 1. The largest absolute Gasteiger partial charge is 0.489 e. The molecule has 2 fully saturated rings. The highest BCUT2D eigenvalue weighted by molar-refractivity contribution is 7.84. The topological polar surface area (TPSA) is 259 Å². The van der Waals surface area contributed by atoms with E-state index in [9.17, 15) is 32.5 Å². The Hall–Kier alpha value is -4.33. The number of carbonyl (C=O) groups excluding carboxylic acids is 2. The van der Waals surface area contributed by atoms with Crippen LogP contribution < -0.4 is 26.4 Å². The molecule has 2 saturated heterocycles. The predicted molar refractivity (Wildman–Crippen MR) is 158 cm³/mol. The number of hydrogen-bond acceptors (Lipinski definition) is 13. The van der Waals surface area contributed by atoms with E-state index in [1.807, 2.05) is 0 Å². The fourth-order valence-corrected chi connectivity index (χ4v) is 6.13. The van der Waals surface area contributed by atoms with Crippen molar-refractivity contribution in [3.63, 3.8) is 0 Å². The average Bonchev–Trinajstić information content (AvgIpc) is 3.30. The summed E-state index contributed by atoms with van der Waals surface area (Å²) in [5.41, 5.74) is 5.80. The number of nitrogen functional groups attached to an aromatic ring is 1. The van der Waals surface area contributed by atoms with E-state index >= 15 is 0 Å². The molecule has 0 saturated carbocycles. The van der Waals surface area contributed by atoms with Gasteiger partial charge in [0.15, 0.2) is 10.8 Å². The van der Waals surface area contributed by atoms with Crippen molar-refractivity contribution in [1.82, 2.24) is 25.2 Å². The molecule has 0 unspecified atom stereocenters. The van der Waals surface area contributed by atoms with Gasteiger partial charge in [-0.15, -0.1) is 11.3 Å². The number of ether oxygens (including phenoxy) is 1. The number of anilines is 1. The summed E-state index contributed by atoms with van der Waals surface area (Å²) in [7, 11) is -4.83. The molecule has 2 amide bonds. The third kappa shape index (κ3) is 7.59. The van der Waals surface area contributed by atoms with Crippen molar-refractivity contribution < 1.29 is 42.0 Å². The molecule has 0 bridgehead atoms. The molecule has 238 valence electrons. The molecule has 0 spiro atoms. The molecule has 2 aliphatic heterocycles. The zero-order valence-corrected chi connectivity index (χ0v) is 25.3. The van der Waals surface area contributed by atoms with Gasteiger partial charge in [-0.3, -0.25) is 19.6 Å². The third-order valence-corrected chi connectivity index (χ3v) is 8.67. The molecule has 2 aromatic rings. The van der Waals surface area contributed by atoms with Gasteiger partial charge >= 0.3 is 16.3 Å². The van der Waals surface area contributed by atoms with Gasteiger partial charge < -0.3 is 36.4 Å². The summed E-state index contributed by atoms with van der Waals surface area (Å²) in [6.07, 6.45) is 0.290. The molecule has 4 rings (SSSR count). The number of rotatable bonds is 12. The van der Waals surface area contributed by atoms with Crippen molar-refractivity contribution in [2.75, 3.05) is 25.4 Å². The van der Waals surface area contributed by atoms with Crippen molar-refractivity contribution in [2.24, 2.45) is 5.16 Å². The fraction of sp³-hybridized carbons (Fsp3) is 0.440. The molecule has 4 atom stereocenters. The van der Waals surface area contributed by atoms with E-state index < -0.39 is 58.6 Å². The first-order valence-corrected chi connectivity index (χ1v) is 15.6. The van der Waals surface area contributed by atoms with Crippen LogP contribution in [0.1, 0.15) is 35.9 Å². The first-order chi connectivity index (χ1) is 20.8. The van der Waals surface area contributed by atoms with E-state index in [1.54, 1.807) is 31.2 Å². The normalized spacial score (nSPS) is 21.2. The van der Waals surface area contributed by atoms with Crippen LogP contribution in [0.4, 0.5) is 5.13 Å². The highest BCUT2D eigenvalue weighted by atomic mass is 32.2. The summed E-state index contributed by atoms with van der Waals surface area (Å²) in [5, 5.41) is 30.5. The predicted octanol–water partition coefficient (Wildman–Crippen LogP) is -0.528. The number of β-lactam (4-membered cyclic amide) rings is 1. The summed E-state index contributed by atoms with van der Waals surface area (Å²) < 4.78 is 37.8. The van der Waals surface area contributed by atoms with Gasteiger partial charge in [0.1, 0.15) is 29.9 Å². The molecule has 8 N–H and O–H groups in total. The number of nitrogens with one attached hydrogen (secondary N) is 4. The Balaban J connectivity index is 1.43. The zero-order valence-electron chi connectivity index (χ0n) is 23.6. The Morgan fingerprint density at radius 2 is 2.02 bits per heavy atom. The molecule has 19 heteroatoms. The lowest BCUT2D eigenvalue weighted by atomic mass is 10.0. The second-order valence-corrected chi connectivity index (χ2v) is 12.6. The van der Waals surface area contributed by atoms with Crippen LogP contribution in [0, 0.1) is 12.3 Å². The minimum absolute atomic E-state index is 0.0447. The highest BCUT2D eigenvalue weighted by Gasteiger charge is 2.51. The number of carboxylic acid groups (broad SMARTS) is 1. The van der Waals surface area contributed by atoms with Crippen LogP contribution >= 0.6 is 11.3 Å². The summed E-state index contributed by atoms with van der Waals surface area (Å²) in [5.74, 6) is -3.03. The molecule has 0 radical (unpaired) electrons. The summed E-state index contributed by atoms with van der Waals surface area (Å²) in [6, 6.07) is 4.16. The van der Waals surface area contributed by atoms with E-state index in [4.69, 9.17) is 20.7 Å². The molecule has 1 aromatic heterocycles. The molecule has 1 aromatic carbocycles. The summed E-state index contributed by atoms with van der Waals surface area (Å²) >= 11 is 1.02. The van der Waals surface area contributed by atoms with E-state index in [0.717, 1.165) is 37.3 Å². The number of nitrogens with zero attached hydrogens (tertiary/aromatic N) is 3. The van der Waals surface area contributed by atoms with Crippen molar-refractivity contribution in [1.29, 1.82) is 5.41 Å².